The van der Waals surface area contributed by atoms with Gasteiger partial charge in [0.1, 0.15) is 11.7 Å². The van der Waals surface area contributed by atoms with Gasteiger partial charge in [0, 0.05) is 19.0 Å². The van der Waals surface area contributed by atoms with Crippen molar-refractivity contribution in [2.24, 2.45) is 11.8 Å². The minimum atomic E-state index is -0.465. The number of ether oxygens (including phenoxy) is 2. The summed E-state index contributed by atoms with van der Waals surface area (Å²) in [5, 5.41) is 0. The second-order valence-corrected chi connectivity index (χ2v) is 6.16. The number of amides is 1. The molecule has 0 radical (unpaired) electrons. The Labute approximate surface area is 107 Å². The van der Waals surface area contributed by atoms with Crippen molar-refractivity contribution < 1.29 is 19.1 Å². The van der Waals surface area contributed by atoms with E-state index in [0.29, 0.717) is 18.9 Å². The summed E-state index contributed by atoms with van der Waals surface area (Å²) in [7, 11) is 0. The predicted molar refractivity (Wildman–Crippen MR) is 65.0 cm³/mol. The zero-order valence-electron chi connectivity index (χ0n) is 11.2. The van der Waals surface area contributed by atoms with Gasteiger partial charge in [0.05, 0.1) is 0 Å². The van der Waals surface area contributed by atoms with E-state index in [4.69, 9.17) is 9.47 Å². The first-order chi connectivity index (χ1) is 8.40. The van der Waals surface area contributed by atoms with Gasteiger partial charge in [0.25, 0.3) is 6.47 Å². The van der Waals surface area contributed by atoms with Crippen LogP contribution >= 0.6 is 0 Å². The highest BCUT2D eigenvalue weighted by molar-refractivity contribution is 5.68. The lowest BCUT2D eigenvalue weighted by Gasteiger charge is -2.25. The molecule has 1 saturated heterocycles. The summed E-state index contributed by atoms with van der Waals surface area (Å²) in [4.78, 5) is 24.1. The van der Waals surface area contributed by atoms with E-state index in [1.807, 2.05) is 20.8 Å². The second-order valence-electron chi connectivity index (χ2n) is 6.16. The SMILES string of the molecule is CC(C)(C)OC(=O)N1C[C@@H]2CC[C@@H](OC=O)[C@@H]2C1. The lowest BCUT2D eigenvalue weighted by Crippen LogP contribution is -2.36. The number of rotatable bonds is 2. The molecule has 5 heteroatoms. The topological polar surface area (TPSA) is 55.8 Å². The van der Waals surface area contributed by atoms with Crippen molar-refractivity contribution in [3.63, 3.8) is 0 Å². The molecular weight excluding hydrogens is 234 g/mol. The van der Waals surface area contributed by atoms with Crippen LogP contribution in [0.15, 0.2) is 0 Å². The molecule has 0 N–H and O–H groups in total. The number of nitrogens with zero attached hydrogens (tertiary/aromatic N) is 1. The maximum Gasteiger partial charge on any atom is 0.410 e. The Hall–Kier alpha value is -1.26. The molecule has 1 saturated carbocycles. The van der Waals surface area contributed by atoms with Gasteiger partial charge in [0.2, 0.25) is 0 Å². The van der Waals surface area contributed by atoms with Gasteiger partial charge in [-0.1, -0.05) is 0 Å². The van der Waals surface area contributed by atoms with Gasteiger partial charge in [0.15, 0.2) is 0 Å². The lowest BCUT2D eigenvalue weighted by atomic mass is 9.99. The maximum absolute atomic E-state index is 11.9. The van der Waals surface area contributed by atoms with Gasteiger partial charge in [-0.2, -0.15) is 0 Å². The van der Waals surface area contributed by atoms with Crippen LogP contribution in [-0.2, 0) is 14.3 Å². The number of likely N-dealkylation sites (tertiary alicyclic amines) is 1. The molecule has 5 nitrogen and oxygen atoms in total. The molecule has 2 rings (SSSR count). The Balaban J connectivity index is 1.92. The molecule has 1 aliphatic heterocycles. The minimum Gasteiger partial charge on any atom is -0.464 e. The Kier molecular flexibility index (Phi) is 3.50. The molecule has 0 bridgehead atoms. The first-order valence-corrected chi connectivity index (χ1v) is 6.48. The number of hydrogen-bond donors (Lipinski definition) is 0. The van der Waals surface area contributed by atoms with Gasteiger partial charge >= 0.3 is 6.09 Å². The van der Waals surface area contributed by atoms with Gasteiger partial charge in [-0.25, -0.2) is 4.79 Å². The molecule has 0 aromatic carbocycles. The highest BCUT2D eigenvalue weighted by atomic mass is 16.6. The molecule has 0 spiro atoms. The average Bonchev–Trinajstić information content (AvgIpc) is 2.77. The molecule has 2 fully saturated rings. The third-order valence-corrected chi connectivity index (χ3v) is 3.67. The fraction of sp³-hybridized carbons (Fsp3) is 0.846. The van der Waals surface area contributed by atoms with Crippen LogP contribution in [0.25, 0.3) is 0 Å². The van der Waals surface area contributed by atoms with E-state index in [1.165, 1.54) is 0 Å². The zero-order valence-corrected chi connectivity index (χ0v) is 11.2. The quantitative estimate of drug-likeness (QED) is 0.706. The molecular formula is C13H21NO4. The molecule has 3 atom stereocenters. The summed E-state index contributed by atoms with van der Waals surface area (Å²) in [6.07, 6.45) is 1.64. The van der Waals surface area contributed by atoms with E-state index in [-0.39, 0.29) is 18.1 Å². The average molecular weight is 255 g/mol. The van der Waals surface area contributed by atoms with E-state index in [0.717, 1.165) is 19.4 Å². The Morgan fingerprint density at radius 1 is 1.28 bits per heavy atom. The summed E-state index contributed by atoms with van der Waals surface area (Å²) in [6.45, 7) is 7.46. The molecule has 0 aromatic rings. The van der Waals surface area contributed by atoms with E-state index in [9.17, 15) is 9.59 Å². The Bertz CT molecular complexity index is 336. The third kappa shape index (κ3) is 2.76. The first-order valence-electron chi connectivity index (χ1n) is 6.48. The number of carbonyl (C=O) groups is 2. The van der Waals surface area contributed by atoms with E-state index in [1.54, 1.807) is 4.90 Å². The molecule has 0 unspecified atom stereocenters. The third-order valence-electron chi connectivity index (χ3n) is 3.67. The molecule has 2 aliphatic rings. The van der Waals surface area contributed by atoms with Crippen molar-refractivity contribution in [1.82, 2.24) is 4.90 Å². The van der Waals surface area contributed by atoms with Gasteiger partial charge in [-0.15, -0.1) is 0 Å². The fourth-order valence-corrected chi connectivity index (χ4v) is 2.93. The predicted octanol–water partition coefficient (Wildman–Crippen LogP) is 1.80. The van der Waals surface area contributed by atoms with Crippen LogP contribution in [0, 0.1) is 11.8 Å². The second kappa shape index (κ2) is 4.78. The van der Waals surface area contributed by atoms with Crippen molar-refractivity contribution >= 4 is 12.6 Å². The molecule has 18 heavy (non-hydrogen) atoms. The largest absolute Gasteiger partial charge is 0.464 e. The lowest BCUT2D eigenvalue weighted by molar-refractivity contribution is -0.135. The van der Waals surface area contributed by atoms with Crippen LogP contribution < -0.4 is 0 Å². The Morgan fingerprint density at radius 3 is 2.61 bits per heavy atom. The smallest absolute Gasteiger partial charge is 0.410 e. The van der Waals surface area contributed by atoms with Gasteiger partial charge in [-0.3, -0.25) is 4.79 Å². The monoisotopic (exact) mass is 255 g/mol. The summed E-state index contributed by atoms with van der Waals surface area (Å²) >= 11 is 0. The number of fused-ring (bicyclic) bond motifs is 1. The zero-order chi connectivity index (χ0) is 13.3. The number of hydrogen-bond acceptors (Lipinski definition) is 4. The van der Waals surface area contributed by atoms with Crippen molar-refractivity contribution in [3.05, 3.63) is 0 Å². The van der Waals surface area contributed by atoms with Crippen LogP contribution in [-0.4, -0.2) is 42.3 Å². The van der Waals surface area contributed by atoms with Crippen LogP contribution in [0.2, 0.25) is 0 Å². The highest BCUT2D eigenvalue weighted by Gasteiger charge is 2.45. The van der Waals surface area contributed by atoms with Crippen LogP contribution in [0.5, 0.6) is 0 Å². The van der Waals surface area contributed by atoms with Gasteiger partial charge < -0.3 is 14.4 Å². The van der Waals surface area contributed by atoms with Crippen molar-refractivity contribution in [2.45, 2.75) is 45.3 Å². The van der Waals surface area contributed by atoms with Crippen LogP contribution in [0.4, 0.5) is 4.79 Å². The van der Waals surface area contributed by atoms with Crippen LogP contribution in [0.3, 0.4) is 0 Å². The number of carbonyl (C=O) groups excluding carboxylic acids is 2. The van der Waals surface area contributed by atoms with Crippen molar-refractivity contribution in [2.75, 3.05) is 13.1 Å². The van der Waals surface area contributed by atoms with Gasteiger partial charge in [-0.05, 0) is 39.5 Å². The molecule has 102 valence electrons. The van der Waals surface area contributed by atoms with E-state index in [2.05, 4.69) is 0 Å². The van der Waals surface area contributed by atoms with E-state index < -0.39 is 5.60 Å². The summed E-state index contributed by atoms with van der Waals surface area (Å²) in [5.74, 6) is 0.727. The molecule has 0 aromatic heterocycles. The first kappa shape index (κ1) is 13.2. The van der Waals surface area contributed by atoms with Crippen molar-refractivity contribution in [3.8, 4) is 0 Å². The highest BCUT2D eigenvalue weighted by Crippen LogP contribution is 2.39. The molecule has 1 heterocycles. The standard InChI is InChI=1S/C13H21NO4/c1-13(2,3)18-12(16)14-6-9-4-5-11(17-8-15)10(9)7-14/h8-11H,4-7H2,1-3H3/t9-,10+,11+/m0/s1. The van der Waals surface area contributed by atoms with Crippen LogP contribution in [0.1, 0.15) is 33.6 Å². The molecule has 1 amide bonds. The maximum atomic E-state index is 11.9. The van der Waals surface area contributed by atoms with Crippen molar-refractivity contribution in [1.29, 1.82) is 0 Å². The fourth-order valence-electron chi connectivity index (χ4n) is 2.93. The normalized spacial score (nSPS) is 31.1. The minimum absolute atomic E-state index is 0.0278. The van der Waals surface area contributed by atoms with E-state index >= 15 is 0 Å². The summed E-state index contributed by atoms with van der Waals surface area (Å²) in [6, 6.07) is 0. The summed E-state index contributed by atoms with van der Waals surface area (Å²) in [5.41, 5.74) is -0.465. The summed E-state index contributed by atoms with van der Waals surface area (Å²) < 4.78 is 10.4. The Morgan fingerprint density at radius 2 is 2.00 bits per heavy atom. The molecule has 1 aliphatic carbocycles.